The largest absolute Gasteiger partial charge is 0.325 e. The Kier molecular flexibility index (Phi) is 4.26. The maximum Gasteiger partial charge on any atom is 0.325 e. The zero-order valence-electron chi connectivity index (χ0n) is 14.9. The lowest BCUT2D eigenvalue weighted by Crippen LogP contribution is -2.40. The van der Waals surface area contributed by atoms with Crippen molar-refractivity contribution in [1.29, 1.82) is 0 Å². The molecule has 0 bridgehead atoms. The first kappa shape index (κ1) is 17.1. The van der Waals surface area contributed by atoms with Crippen LogP contribution in [-0.2, 0) is 4.79 Å². The summed E-state index contributed by atoms with van der Waals surface area (Å²) in [5, 5.41) is 3.67. The van der Waals surface area contributed by atoms with Gasteiger partial charge in [0.1, 0.15) is 5.54 Å². The maximum atomic E-state index is 12.3. The summed E-state index contributed by atoms with van der Waals surface area (Å²) in [7, 11) is 0. The second-order valence-electron chi connectivity index (χ2n) is 7.25. The molecule has 4 rings (SSSR count). The number of imide groups is 1. The number of hydrogen-bond donors (Lipinski definition) is 1. The number of rotatable bonds is 6. The number of hydrogen-bond acceptors (Lipinski definition) is 4. The molecule has 0 spiro atoms. The van der Waals surface area contributed by atoms with Crippen LogP contribution in [0.5, 0.6) is 0 Å². The Labute approximate surface area is 157 Å². The molecule has 1 aromatic heterocycles. The van der Waals surface area contributed by atoms with Crippen molar-refractivity contribution in [3.8, 4) is 11.3 Å². The molecule has 6 nitrogen and oxygen atoms in total. The third kappa shape index (κ3) is 3.11. The highest BCUT2D eigenvalue weighted by Gasteiger charge is 2.43. The molecule has 1 N–H and O–H groups in total. The van der Waals surface area contributed by atoms with Gasteiger partial charge in [-0.1, -0.05) is 42.1 Å². The molecular weight excluding hydrogens is 348 g/mol. The number of benzene rings is 1. The van der Waals surface area contributed by atoms with E-state index < -0.39 is 5.54 Å². The first-order valence-corrected chi connectivity index (χ1v) is 9.85. The highest BCUT2D eigenvalue weighted by molar-refractivity contribution is 7.99. The standard InChI is InChI=1S/C19H22N4O2S/c1-19(2)16(24)22(17(25)21-19)10-11-26-18-20-12-15(23(18)14-8-9-14)13-6-4-3-5-7-13/h3-7,12,14H,8-11H2,1-2H3,(H,21,25). The molecule has 7 heteroatoms. The van der Waals surface area contributed by atoms with Gasteiger partial charge in [0.15, 0.2) is 5.16 Å². The van der Waals surface area contributed by atoms with Crippen LogP contribution >= 0.6 is 11.8 Å². The van der Waals surface area contributed by atoms with E-state index in [9.17, 15) is 9.59 Å². The van der Waals surface area contributed by atoms with Gasteiger partial charge in [-0.2, -0.15) is 0 Å². The van der Waals surface area contributed by atoms with E-state index in [4.69, 9.17) is 0 Å². The van der Waals surface area contributed by atoms with Crippen LogP contribution in [0.25, 0.3) is 11.3 Å². The van der Waals surface area contributed by atoms with E-state index >= 15 is 0 Å². The van der Waals surface area contributed by atoms with E-state index in [1.54, 1.807) is 25.6 Å². The van der Waals surface area contributed by atoms with E-state index in [1.807, 2.05) is 24.4 Å². The maximum absolute atomic E-state index is 12.3. The summed E-state index contributed by atoms with van der Waals surface area (Å²) in [4.78, 5) is 30.2. The van der Waals surface area contributed by atoms with E-state index in [1.165, 1.54) is 17.7 Å². The summed E-state index contributed by atoms with van der Waals surface area (Å²) >= 11 is 1.60. The van der Waals surface area contributed by atoms with Crippen molar-refractivity contribution in [3.05, 3.63) is 36.5 Å². The average molecular weight is 370 g/mol. The first-order chi connectivity index (χ1) is 12.5. The van der Waals surface area contributed by atoms with Crippen LogP contribution in [0.1, 0.15) is 32.7 Å². The molecule has 0 radical (unpaired) electrons. The summed E-state index contributed by atoms with van der Waals surface area (Å²) in [6.45, 7) is 3.84. The van der Waals surface area contributed by atoms with Crippen LogP contribution in [0.15, 0.2) is 41.7 Å². The fourth-order valence-electron chi connectivity index (χ4n) is 3.21. The highest BCUT2D eigenvalue weighted by Crippen LogP contribution is 2.41. The number of nitrogens with zero attached hydrogens (tertiary/aromatic N) is 3. The van der Waals surface area contributed by atoms with Crippen LogP contribution in [0.4, 0.5) is 4.79 Å². The van der Waals surface area contributed by atoms with Crippen LogP contribution in [0.2, 0.25) is 0 Å². The van der Waals surface area contributed by atoms with Gasteiger partial charge in [-0.3, -0.25) is 9.69 Å². The predicted octanol–water partition coefficient (Wildman–Crippen LogP) is 3.31. The van der Waals surface area contributed by atoms with Crippen molar-refractivity contribution in [2.24, 2.45) is 0 Å². The lowest BCUT2D eigenvalue weighted by Gasteiger charge is -2.16. The molecule has 2 fully saturated rings. The molecule has 1 aromatic carbocycles. The quantitative estimate of drug-likeness (QED) is 0.626. The summed E-state index contributed by atoms with van der Waals surface area (Å²) in [5.74, 6) is 0.464. The van der Waals surface area contributed by atoms with Crippen LogP contribution in [0, 0.1) is 0 Å². The van der Waals surface area contributed by atoms with Crippen LogP contribution in [-0.4, -0.2) is 44.2 Å². The van der Waals surface area contributed by atoms with E-state index in [0.29, 0.717) is 18.3 Å². The Morgan fingerprint density at radius 3 is 2.58 bits per heavy atom. The fraction of sp³-hybridized carbons (Fsp3) is 0.421. The van der Waals surface area contributed by atoms with E-state index in [-0.39, 0.29) is 11.9 Å². The van der Waals surface area contributed by atoms with Gasteiger partial charge in [-0.15, -0.1) is 0 Å². The first-order valence-electron chi connectivity index (χ1n) is 8.87. The number of imidazole rings is 1. The normalized spacial score (nSPS) is 19.1. The Balaban J connectivity index is 1.47. The fourth-order valence-corrected chi connectivity index (χ4v) is 4.18. The molecule has 1 aliphatic carbocycles. The molecule has 2 heterocycles. The predicted molar refractivity (Wildman–Crippen MR) is 101 cm³/mol. The van der Waals surface area contributed by atoms with Crippen LogP contribution < -0.4 is 5.32 Å². The van der Waals surface area contributed by atoms with Crippen LogP contribution in [0.3, 0.4) is 0 Å². The molecule has 2 aromatic rings. The molecule has 3 amide bonds. The van der Waals surface area contributed by atoms with E-state index in [0.717, 1.165) is 16.4 Å². The number of thioether (sulfide) groups is 1. The molecule has 0 atom stereocenters. The Morgan fingerprint density at radius 1 is 1.23 bits per heavy atom. The number of carbonyl (C=O) groups excluding carboxylic acids is 2. The minimum absolute atomic E-state index is 0.168. The molecule has 136 valence electrons. The Morgan fingerprint density at radius 2 is 1.96 bits per heavy atom. The summed E-state index contributed by atoms with van der Waals surface area (Å²) in [6.07, 6.45) is 4.27. The van der Waals surface area contributed by atoms with Gasteiger partial charge >= 0.3 is 6.03 Å². The van der Waals surface area contributed by atoms with Gasteiger partial charge in [0.2, 0.25) is 0 Å². The third-order valence-corrected chi connectivity index (χ3v) is 5.68. The third-order valence-electron chi connectivity index (χ3n) is 4.73. The van der Waals surface area contributed by atoms with Crippen molar-refractivity contribution in [1.82, 2.24) is 19.8 Å². The summed E-state index contributed by atoms with van der Waals surface area (Å²) in [5.41, 5.74) is 1.48. The van der Waals surface area contributed by atoms with Gasteiger partial charge in [0, 0.05) is 18.3 Å². The molecule has 2 aliphatic rings. The second-order valence-corrected chi connectivity index (χ2v) is 8.32. The molecule has 0 unspecified atom stereocenters. The van der Waals surface area contributed by atoms with Gasteiger partial charge in [-0.25, -0.2) is 9.78 Å². The SMILES string of the molecule is CC1(C)NC(=O)N(CCSc2ncc(-c3ccccc3)n2C2CC2)C1=O. The van der Waals surface area contributed by atoms with Crippen molar-refractivity contribution < 1.29 is 9.59 Å². The lowest BCUT2D eigenvalue weighted by molar-refractivity contribution is -0.130. The Bertz CT molecular complexity index is 842. The second kappa shape index (κ2) is 6.46. The number of urea groups is 1. The smallest absolute Gasteiger partial charge is 0.324 e. The number of carbonyl (C=O) groups is 2. The molecule has 1 saturated heterocycles. The molecule has 26 heavy (non-hydrogen) atoms. The molecular formula is C19H22N4O2S. The monoisotopic (exact) mass is 370 g/mol. The topological polar surface area (TPSA) is 67.2 Å². The van der Waals surface area contributed by atoms with Gasteiger partial charge in [-0.05, 0) is 32.3 Å². The van der Waals surface area contributed by atoms with Gasteiger partial charge in [0.25, 0.3) is 5.91 Å². The average Bonchev–Trinajstić information content (AvgIpc) is 3.33. The zero-order valence-corrected chi connectivity index (χ0v) is 15.8. The van der Waals surface area contributed by atoms with Crippen molar-refractivity contribution >= 4 is 23.7 Å². The minimum Gasteiger partial charge on any atom is -0.324 e. The van der Waals surface area contributed by atoms with E-state index in [2.05, 4.69) is 27.0 Å². The van der Waals surface area contributed by atoms with Gasteiger partial charge < -0.3 is 9.88 Å². The number of amides is 3. The lowest BCUT2D eigenvalue weighted by atomic mass is 10.1. The number of nitrogens with one attached hydrogen (secondary N) is 1. The van der Waals surface area contributed by atoms with Gasteiger partial charge in [0.05, 0.1) is 11.9 Å². The van der Waals surface area contributed by atoms with Crippen molar-refractivity contribution in [3.63, 3.8) is 0 Å². The summed E-state index contributed by atoms with van der Waals surface area (Å²) in [6, 6.07) is 10.5. The minimum atomic E-state index is -0.811. The summed E-state index contributed by atoms with van der Waals surface area (Å²) < 4.78 is 2.30. The van der Waals surface area contributed by atoms with Crippen molar-refractivity contribution in [2.75, 3.05) is 12.3 Å². The molecule has 1 saturated carbocycles. The highest BCUT2D eigenvalue weighted by atomic mass is 32.2. The number of aromatic nitrogens is 2. The Hall–Kier alpha value is -2.28. The van der Waals surface area contributed by atoms with Crippen molar-refractivity contribution in [2.45, 2.75) is 43.4 Å². The zero-order chi connectivity index (χ0) is 18.3. The molecule has 1 aliphatic heterocycles.